The minimum atomic E-state index is -2.85. The van der Waals surface area contributed by atoms with Crippen LogP contribution in [0.5, 0.6) is 5.75 Å². The second-order valence-electron chi connectivity index (χ2n) is 6.65. The summed E-state index contributed by atoms with van der Waals surface area (Å²) in [7, 11) is 0. The Hall–Kier alpha value is -2.38. The van der Waals surface area contributed by atoms with Gasteiger partial charge in [0, 0.05) is 19.0 Å². The summed E-state index contributed by atoms with van der Waals surface area (Å²) in [6.07, 6.45) is 4.31. The number of amides is 3. The van der Waals surface area contributed by atoms with E-state index >= 15 is 0 Å². The Labute approximate surface area is 150 Å². The molecule has 0 saturated heterocycles. The molecule has 0 heterocycles. The average Bonchev–Trinajstić information content (AvgIpc) is 3.43. The first-order valence-corrected chi connectivity index (χ1v) is 8.92. The lowest BCUT2D eigenvalue weighted by atomic mass is 9.87. The molecule has 0 aromatic heterocycles. The molecule has 2 aliphatic rings. The Kier molecular flexibility index (Phi) is 5.90. The van der Waals surface area contributed by atoms with Crippen molar-refractivity contribution in [2.24, 2.45) is 5.92 Å². The van der Waals surface area contributed by atoms with E-state index in [9.17, 15) is 18.4 Å². The molecule has 142 valence electrons. The summed E-state index contributed by atoms with van der Waals surface area (Å²) >= 11 is 0. The summed E-state index contributed by atoms with van der Waals surface area (Å²) in [4.78, 5) is 23.6. The lowest BCUT2D eigenvalue weighted by molar-refractivity contribution is -0.122. The third kappa shape index (κ3) is 5.06. The molecule has 26 heavy (non-hydrogen) atoms. The van der Waals surface area contributed by atoms with E-state index in [1.807, 2.05) is 0 Å². The molecule has 8 heteroatoms. The quantitative estimate of drug-likeness (QED) is 0.648. The second kappa shape index (κ2) is 8.33. The van der Waals surface area contributed by atoms with Crippen molar-refractivity contribution in [3.05, 3.63) is 29.3 Å². The van der Waals surface area contributed by atoms with Crippen molar-refractivity contribution in [2.45, 2.75) is 44.8 Å². The Balaban J connectivity index is 1.47. The molecule has 0 aliphatic heterocycles. The van der Waals surface area contributed by atoms with E-state index in [0.717, 1.165) is 43.2 Å². The fourth-order valence-corrected chi connectivity index (χ4v) is 3.18. The monoisotopic (exact) mass is 367 g/mol. The van der Waals surface area contributed by atoms with E-state index in [4.69, 9.17) is 0 Å². The molecule has 1 aromatic carbocycles. The van der Waals surface area contributed by atoms with Gasteiger partial charge in [-0.3, -0.25) is 4.79 Å². The number of ether oxygens (including phenoxy) is 1. The van der Waals surface area contributed by atoms with Gasteiger partial charge in [-0.25, -0.2) is 4.79 Å². The molecule has 2 aliphatic carbocycles. The number of halogens is 2. The number of aryl methyl sites for hydroxylation is 1. The van der Waals surface area contributed by atoms with Gasteiger partial charge in [-0.2, -0.15) is 8.78 Å². The number of hydrogen-bond acceptors (Lipinski definition) is 3. The molecule has 3 amide bonds. The topological polar surface area (TPSA) is 79.5 Å². The summed E-state index contributed by atoms with van der Waals surface area (Å²) in [6.45, 7) is -2.10. The number of rotatable bonds is 7. The SMILES string of the molecule is O=C(NCCNC(=O)C1CC1)N[C@@H]1CCCc2cc(OC(F)F)ccc21. The van der Waals surface area contributed by atoms with Crippen LogP contribution in [0.2, 0.25) is 0 Å². The van der Waals surface area contributed by atoms with Crippen LogP contribution in [0.3, 0.4) is 0 Å². The summed E-state index contributed by atoms with van der Waals surface area (Å²) in [5, 5.41) is 8.42. The van der Waals surface area contributed by atoms with Crippen molar-refractivity contribution in [3.8, 4) is 5.75 Å². The molecule has 1 fully saturated rings. The van der Waals surface area contributed by atoms with Gasteiger partial charge in [-0.15, -0.1) is 0 Å². The van der Waals surface area contributed by atoms with Crippen LogP contribution in [-0.4, -0.2) is 31.6 Å². The van der Waals surface area contributed by atoms with E-state index in [-0.39, 0.29) is 29.6 Å². The third-order valence-corrected chi connectivity index (χ3v) is 4.62. The van der Waals surface area contributed by atoms with Crippen LogP contribution in [0.25, 0.3) is 0 Å². The van der Waals surface area contributed by atoms with E-state index in [1.165, 1.54) is 6.07 Å². The van der Waals surface area contributed by atoms with Gasteiger partial charge < -0.3 is 20.7 Å². The minimum absolute atomic E-state index is 0.0511. The standard InChI is InChI=1S/C18H23F2N3O3/c19-17(20)26-13-6-7-14-12(10-13)2-1-3-15(14)23-18(25)22-9-8-21-16(24)11-4-5-11/h6-7,10-11,15,17H,1-5,8-9H2,(H,21,24)(H2,22,23,25)/t15-/m1/s1. The highest BCUT2D eigenvalue weighted by Crippen LogP contribution is 2.32. The number of carbonyl (C=O) groups excluding carboxylic acids is 2. The van der Waals surface area contributed by atoms with Crippen molar-refractivity contribution >= 4 is 11.9 Å². The van der Waals surface area contributed by atoms with Gasteiger partial charge in [-0.05, 0) is 55.4 Å². The Morgan fingerprint density at radius 2 is 1.92 bits per heavy atom. The van der Waals surface area contributed by atoms with Crippen molar-refractivity contribution in [1.29, 1.82) is 0 Å². The van der Waals surface area contributed by atoms with Gasteiger partial charge in [0.2, 0.25) is 5.91 Å². The molecule has 0 unspecified atom stereocenters. The third-order valence-electron chi connectivity index (χ3n) is 4.62. The van der Waals surface area contributed by atoms with Crippen LogP contribution < -0.4 is 20.7 Å². The molecule has 3 rings (SSSR count). The smallest absolute Gasteiger partial charge is 0.387 e. The average molecular weight is 367 g/mol. The first-order valence-electron chi connectivity index (χ1n) is 8.92. The van der Waals surface area contributed by atoms with E-state index in [2.05, 4.69) is 20.7 Å². The number of hydrogen-bond donors (Lipinski definition) is 3. The molecule has 0 radical (unpaired) electrons. The van der Waals surface area contributed by atoms with Crippen molar-refractivity contribution in [1.82, 2.24) is 16.0 Å². The number of alkyl halides is 2. The van der Waals surface area contributed by atoms with E-state index < -0.39 is 6.61 Å². The predicted molar refractivity (Wildman–Crippen MR) is 91.0 cm³/mol. The number of benzene rings is 1. The zero-order chi connectivity index (χ0) is 18.5. The predicted octanol–water partition coefficient (Wildman–Crippen LogP) is 2.49. The molecule has 0 bridgehead atoms. The number of carbonyl (C=O) groups is 2. The van der Waals surface area contributed by atoms with Crippen LogP contribution in [0.1, 0.15) is 42.9 Å². The summed E-state index contributed by atoms with van der Waals surface area (Å²) in [5.41, 5.74) is 1.84. The van der Waals surface area contributed by atoms with Crippen molar-refractivity contribution in [2.75, 3.05) is 13.1 Å². The molecule has 1 saturated carbocycles. The lowest BCUT2D eigenvalue weighted by Gasteiger charge is -2.27. The summed E-state index contributed by atoms with van der Waals surface area (Å²) in [5.74, 6) is 0.340. The maximum atomic E-state index is 12.3. The first kappa shape index (κ1) is 18.4. The first-order chi connectivity index (χ1) is 12.5. The van der Waals surface area contributed by atoms with Crippen LogP contribution in [-0.2, 0) is 11.2 Å². The highest BCUT2D eigenvalue weighted by Gasteiger charge is 2.29. The number of urea groups is 1. The highest BCUT2D eigenvalue weighted by atomic mass is 19.3. The van der Waals surface area contributed by atoms with Gasteiger partial charge in [0.15, 0.2) is 0 Å². The Bertz CT molecular complexity index is 665. The van der Waals surface area contributed by atoms with Gasteiger partial charge in [0.1, 0.15) is 5.75 Å². The highest BCUT2D eigenvalue weighted by molar-refractivity contribution is 5.81. The fraction of sp³-hybridized carbons (Fsp3) is 0.556. The maximum absolute atomic E-state index is 12.3. The van der Waals surface area contributed by atoms with Crippen molar-refractivity contribution < 1.29 is 23.1 Å². The van der Waals surface area contributed by atoms with Crippen LogP contribution in [0.4, 0.5) is 13.6 Å². The molecule has 6 nitrogen and oxygen atoms in total. The van der Waals surface area contributed by atoms with Crippen LogP contribution in [0, 0.1) is 5.92 Å². The van der Waals surface area contributed by atoms with Gasteiger partial charge in [0.25, 0.3) is 0 Å². The zero-order valence-electron chi connectivity index (χ0n) is 14.4. The normalized spacial score (nSPS) is 18.8. The van der Waals surface area contributed by atoms with Gasteiger partial charge >= 0.3 is 12.6 Å². The number of fused-ring (bicyclic) bond motifs is 1. The molecule has 1 aromatic rings. The molecular formula is C18H23F2N3O3. The van der Waals surface area contributed by atoms with Crippen LogP contribution in [0.15, 0.2) is 18.2 Å². The van der Waals surface area contributed by atoms with Crippen LogP contribution >= 0.6 is 0 Å². The van der Waals surface area contributed by atoms with E-state index in [0.29, 0.717) is 13.1 Å². The minimum Gasteiger partial charge on any atom is -0.435 e. The molecule has 1 atom stereocenters. The zero-order valence-corrected chi connectivity index (χ0v) is 14.4. The summed E-state index contributed by atoms with van der Waals surface area (Å²) < 4.78 is 29.1. The fourth-order valence-electron chi connectivity index (χ4n) is 3.18. The van der Waals surface area contributed by atoms with E-state index in [1.54, 1.807) is 12.1 Å². The summed E-state index contributed by atoms with van der Waals surface area (Å²) in [6, 6.07) is 4.36. The largest absolute Gasteiger partial charge is 0.435 e. The second-order valence-corrected chi connectivity index (χ2v) is 6.65. The van der Waals surface area contributed by atoms with Crippen molar-refractivity contribution in [3.63, 3.8) is 0 Å². The Morgan fingerprint density at radius 3 is 2.65 bits per heavy atom. The van der Waals surface area contributed by atoms with Gasteiger partial charge in [-0.1, -0.05) is 6.07 Å². The van der Waals surface area contributed by atoms with Gasteiger partial charge in [0.05, 0.1) is 6.04 Å². The molecular weight excluding hydrogens is 344 g/mol. The molecule has 3 N–H and O–H groups in total. The maximum Gasteiger partial charge on any atom is 0.387 e. The molecule has 0 spiro atoms. The Morgan fingerprint density at radius 1 is 1.15 bits per heavy atom. The lowest BCUT2D eigenvalue weighted by Crippen LogP contribution is -2.42. The number of nitrogens with one attached hydrogen (secondary N) is 3.